The topological polar surface area (TPSA) is 30.0 Å². The van der Waals surface area contributed by atoms with E-state index in [-0.39, 0.29) is 5.78 Å². The molecule has 2 aliphatic carbocycles. The van der Waals surface area contributed by atoms with Crippen LogP contribution in [0.1, 0.15) is 41.2 Å². The lowest BCUT2D eigenvalue weighted by Gasteiger charge is -2.08. The Morgan fingerprint density at radius 2 is 2.20 bits per heavy atom. The van der Waals surface area contributed by atoms with Gasteiger partial charge in [0.25, 0.3) is 0 Å². The number of aryl methyl sites for hydroxylation is 1. The molecule has 0 saturated heterocycles. The number of hydrogen-bond donors (Lipinski definition) is 0. The summed E-state index contributed by atoms with van der Waals surface area (Å²) in [6, 6.07) is 0. The molecule has 0 spiro atoms. The summed E-state index contributed by atoms with van der Waals surface area (Å²) in [5.74, 6) is 2.86. The second-order valence-corrected chi connectivity index (χ2v) is 6.03. The largest absolute Gasteiger partial charge is 0.292 e. The summed E-state index contributed by atoms with van der Waals surface area (Å²) >= 11 is 1.57. The molecule has 2 nitrogen and oxygen atoms in total. The second kappa shape index (κ2) is 3.41. The average Bonchev–Trinajstić information content (AvgIpc) is 2.63. The van der Waals surface area contributed by atoms with Crippen LogP contribution >= 0.6 is 11.3 Å². The molecule has 80 valence electrons. The van der Waals surface area contributed by atoms with Gasteiger partial charge in [-0.3, -0.25) is 4.79 Å². The van der Waals surface area contributed by atoms with E-state index in [2.05, 4.69) is 4.98 Å². The summed E-state index contributed by atoms with van der Waals surface area (Å²) in [5.41, 5.74) is 0.693. The number of nitrogens with zero attached hydrogens (tertiary/aromatic N) is 1. The van der Waals surface area contributed by atoms with Gasteiger partial charge in [0.2, 0.25) is 0 Å². The third-order valence-electron chi connectivity index (χ3n) is 3.72. The third-order valence-corrected chi connectivity index (χ3v) is 4.49. The molecule has 1 heterocycles. The van der Waals surface area contributed by atoms with Crippen molar-refractivity contribution in [1.29, 1.82) is 0 Å². The lowest BCUT2D eigenvalue weighted by molar-refractivity contribution is 0.0955. The van der Waals surface area contributed by atoms with E-state index in [1.54, 1.807) is 11.3 Å². The van der Waals surface area contributed by atoms with Gasteiger partial charge in [-0.1, -0.05) is 0 Å². The van der Waals surface area contributed by atoms with E-state index < -0.39 is 0 Å². The van der Waals surface area contributed by atoms with Gasteiger partial charge in [0.05, 0.1) is 5.01 Å². The SMILES string of the molecule is Cc1nc(C(=O)CC2CC3CC3C2)cs1. The van der Waals surface area contributed by atoms with Gasteiger partial charge in [-0.05, 0) is 43.9 Å². The van der Waals surface area contributed by atoms with Crippen molar-refractivity contribution in [2.75, 3.05) is 0 Å². The summed E-state index contributed by atoms with van der Waals surface area (Å²) in [6.45, 7) is 1.95. The number of Topliss-reactive ketones (excluding diaryl/α,β-unsaturated/α-hetero) is 1. The van der Waals surface area contributed by atoms with E-state index in [0.29, 0.717) is 11.6 Å². The predicted octanol–water partition coefficient (Wildman–Crippen LogP) is 3.07. The van der Waals surface area contributed by atoms with E-state index in [4.69, 9.17) is 0 Å². The summed E-state index contributed by atoms with van der Waals surface area (Å²) in [4.78, 5) is 16.1. The first-order valence-corrected chi connectivity index (χ1v) is 6.55. The highest BCUT2D eigenvalue weighted by molar-refractivity contribution is 7.09. The van der Waals surface area contributed by atoms with Gasteiger partial charge in [-0.25, -0.2) is 4.98 Å². The number of rotatable bonds is 3. The van der Waals surface area contributed by atoms with Crippen molar-refractivity contribution >= 4 is 17.1 Å². The molecule has 0 aliphatic heterocycles. The highest BCUT2D eigenvalue weighted by Crippen LogP contribution is 2.55. The molecule has 2 unspecified atom stereocenters. The Bertz CT molecular complexity index is 388. The van der Waals surface area contributed by atoms with Crippen LogP contribution in [0.2, 0.25) is 0 Å². The maximum atomic E-state index is 11.9. The van der Waals surface area contributed by atoms with Crippen LogP contribution < -0.4 is 0 Å². The van der Waals surface area contributed by atoms with Crippen LogP contribution in [0.4, 0.5) is 0 Å². The van der Waals surface area contributed by atoms with Crippen LogP contribution in [0.15, 0.2) is 5.38 Å². The first kappa shape index (κ1) is 9.52. The molecule has 15 heavy (non-hydrogen) atoms. The Morgan fingerprint density at radius 1 is 1.47 bits per heavy atom. The first-order chi connectivity index (χ1) is 7.22. The molecule has 3 rings (SSSR count). The quantitative estimate of drug-likeness (QED) is 0.734. The Hall–Kier alpha value is -0.700. The van der Waals surface area contributed by atoms with Gasteiger partial charge in [0.1, 0.15) is 5.69 Å². The zero-order valence-electron chi connectivity index (χ0n) is 8.90. The van der Waals surface area contributed by atoms with E-state index >= 15 is 0 Å². The fourth-order valence-electron chi connectivity index (χ4n) is 2.87. The van der Waals surface area contributed by atoms with E-state index in [0.717, 1.165) is 23.3 Å². The van der Waals surface area contributed by atoms with E-state index in [1.165, 1.54) is 19.3 Å². The van der Waals surface area contributed by atoms with Crippen LogP contribution in [-0.2, 0) is 0 Å². The molecule has 0 radical (unpaired) electrons. The molecule has 2 atom stereocenters. The number of thiazole rings is 1. The van der Waals surface area contributed by atoms with Crippen LogP contribution in [0.3, 0.4) is 0 Å². The fourth-order valence-corrected chi connectivity index (χ4v) is 3.48. The molecule has 1 aromatic rings. The summed E-state index contributed by atoms with van der Waals surface area (Å²) in [7, 11) is 0. The highest BCUT2D eigenvalue weighted by Gasteiger charge is 2.46. The van der Waals surface area contributed by atoms with Gasteiger partial charge >= 0.3 is 0 Å². The molecule has 2 aliphatic rings. The summed E-state index contributed by atoms with van der Waals surface area (Å²) in [6.07, 6.45) is 4.75. The smallest absolute Gasteiger partial charge is 0.182 e. The molecule has 1 aromatic heterocycles. The lowest BCUT2D eigenvalue weighted by Crippen LogP contribution is -2.07. The van der Waals surface area contributed by atoms with Crippen molar-refractivity contribution in [2.45, 2.75) is 32.6 Å². The number of fused-ring (bicyclic) bond motifs is 1. The molecule has 0 N–H and O–H groups in total. The van der Waals surface area contributed by atoms with Crippen molar-refractivity contribution in [1.82, 2.24) is 4.98 Å². The van der Waals surface area contributed by atoms with Gasteiger partial charge in [0, 0.05) is 11.8 Å². The molecule has 2 saturated carbocycles. The monoisotopic (exact) mass is 221 g/mol. The number of hydrogen-bond acceptors (Lipinski definition) is 3. The number of carbonyl (C=O) groups is 1. The average molecular weight is 221 g/mol. The first-order valence-electron chi connectivity index (χ1n) is 5.67. The van der Waals surface area contributed by atoms with Gasteiger partial charge in [0.15, 0.2) is 5.78 Å². The Balaban J connectivity index is 1.61. The minimum Gasteiger partial charge on any atom is -0.292 e. The summed E-state index contributed by atoms with van der Waals surface area (Å²) in [5, 5.41) is 2.89. The lowest BCUT2D eigenvalue weighted by atomic mass is 9.96. The zero-order valence-corrected chi connectivity index (χ0v) is 9.72. The molecule has 0 aromatic carbocycles. The van der Waals surface area contributed by atoms with Crippen molar-refractivity contribution < 1.29 is 4.79 Å². The summed E-state index contributed by atoms with van der Waals surface area (Å²) < 4.78 is 0. The fraction of sp³-hybridized carbons (Fsp3) is 0.667. The van der Waals surface area contributed by atoms with E-state index in [1.807, 2.05) is 12.3 Å². The molecular formula is C12H15NOS. The molecule has 3 heteroatoms. The van der Waals surface area contributed by atoms with E-state index in [9.17, 15) is 4.79 Å². The Labute approximate surface area is 93.7 Å². The van der Waals surface area contributed by atoms with Gasteiger partial charge in [-0.2, -0.15) is 0 Å². The van der Waals surface area contributed by atoms with Crippen molar-refractivity contribution in [3.63, 3.8) is 0 Å². The Kier molecular flexibility index (Phi) is 2.16. The van der Waals surface area contributed by atoms with Crippen molar-refractivity contribution in [3.05, 3.63) is 16.1 Å². The minimum atomic E-state index is 0.255. The minimum absolute atomic E-state index is 0.255. The van der Waals surface area contributed by atoms with Crippen molar-refractivity contribution in [3.8, 4) is 0 Å². The number of aromatic nitrogens is 1. The maximum Gasteiger partial charge on any atom is 0.182 e. The molecular weight excluding hydrogens is 206 g/mol. The number of carbonyl (C=O) groups excluding carboxylic acids is 1. The third kappa shape index (κ3) is 1.85. The van der Waals surface area contributed by atoms with Crippen LogP contribution in [0.25, 0.3) is 0 Å². The highest BCUT2D eigenvalue weighted by atomic mass is 32.1. The maximum absolute atomic E-state index is 11.9. The predicted molar refractivity (Wildman–Crippen MR) is 60.1 cm³/mol. The van der Waals surface area contributed by atoms with Crippen molar-refractivity contribution in [2.24, 2.45) is 17.8 Å². The molecule has 0 bridgehead atoms. The molecule has 2 fully saturated rings. The molecule has 0 amide bonds. The zero-order chi connectivity index (χ0) is 10.4. The second-order valence-electron chi connectivity index (χ2n) is 4.97. The van der Waals surface area contributed by atoms with Crippen LogP contribution in [0.5, 0.6) is 0 Å². The normalized spacial score (nSPS) is 32.7. The standard InChI is InChI=1S/C12H15NOS/c1-7-13-11(6-15-7)12(14)4-8-2-9-5-10(9)3-8/h6,8-10H,2-5H2,1H3. The number of ketones is 1. The Morgan fingerprint density at radius 3 is 2.80 bits per heavy atom. The van der Waals surface area contributed by atoms with Gasteiger partial charge in [-0.15, -0.1) is 11.3 Å². The van der Waals surface area contributed by atoms with Gasteiger partial charge < -0.3 is 0 Å². The van der Waals surface area contributed by atoms with Crippen LogP contribution in [0, 0.1) is 24.7 Å². The van der Waals surface area contributed by atoms with Crippen LogP contribution in [-0.4, -0.2) is 10.8 Å².